The number of nitrogens with one attached hydrogen (secondary N) is 2. The second kappa shape index (κ2) is 7.50. The smallest absolute Gasteiger partial charge is 0.265 e. The molecule has 3 aromatic rings. The van der Waals surface area contributed by atoms with Gasteiger partial charge in [0.15, 0.2) is 11.9 Å². The van der Waals surface area contributed by atoms with E-state index in [0.29, 0.717) is 22.7 Å². The van der Waals surface area contributed by atoms with Crippen LogP contribution < -0.4 is 20.3 Å². The Morgan fingerprint density at radius 2 is 2.03 bits per heavy atom. The molecule has 2 aliphatic heterocycles. The molecule has 0 radical (unpaired) electrons. The number of hydrogen-bond acceptors (Lipinski definition) is 5. The highest BCUT2D eigenvalue weighted by Gasteiger charge is 2.27. The number of rotatable bonds is 3. The van der Waals surface area contributed by atoms with E-state index >= 15 is 0 Å². The Morgan fingerprint density at radius 3 is 2.87 bits per heavy atom. The average molecular weight is 420 g/mol. The van der Waals surface area contributed by atoms with Crippen LogP contribution in [0.3, 0.4) is 0 Å². The predicted molar refractivity (Wildman–Crippen MR) is 119 cm³/mol. The lowest BCUT2D eigenvalue weighted by Crippen LogP contribution is -2.35. The summed E-state index contributed by atoms with van der Waals surface area (Å²) in [6.07, 6.45) is 0.429. The van der Waals surface area contributed by atoms with Crippen molar-refractivity contribution in [2.24, 2.45) is 0 Å². The number of anilines is 3. The Kier molecular flexibility index (Phi) is 4.67. The molecule has 6 nitrogen and oxygen atoms in total. The summed E-state index contributed by atoms with van der Waals surface area (Å²) in [6.45, 7) is 3.57. The first-order valence-electron chi connectivity index (χ1n) is 9.90. The molecule has 0 saturated heterocycles. The highest BCUT2D eigenvalue weighted by Crippen LogP contribution is 2.34. The molecular formula is C23H21N3O3S. The van der Waals surface area contributed by atoms with Crippen molar-refractivity contribution in [3.8, 4) is 5.75 Å². The maximum absolute atomic E-state index is 12.9. The summed E-state index contributed by atoms with van der Waals surface area (Å²) < 4.78 is 5.68. The van der Waals surface area contributed by atoms with Gasteiger partial charge in [-0.25, -0.2) is 0 Å². The third-order valence-electron chi connectivity index (χ3n) is 5.48. The molecule has 1 unspecified atom stereocenters. The Morgan fingerprint density at radius 1 is 1.20 bits per heavy atom. The van der Waals surface area contributed by atoms with Crippen LogP contribution in [0.1, 0.15) is 27.7 Å². The molecule has 0 saturated carbocycles. The first-order chi connectivity index (χ1) is 14.6. The van der Waals surface area contributed by atoms with Crippen molar-refractivity contribution in [3.05, 3.63) is 69.9 Å². The predicted octanol–water partition coefficient (Wildman–Crippen LogP) is 4.28. The van der Waals surface area contributed by atoms with Crippen molar-refractivity contribution >= 4 is 40.2 Å². The molecule has 2 amide bonds. The van der Waals surface area contributed by atoms with E-state index < -0.39 is 6.10 Å². The molecule has 0 spiro atoms. The van der Waals surface area contributed by atoms with Crippen LogP contribution in [0.5, 0.6) is 5.75 Å². The number of carbonyl (C=O) groups is 2. The van der Waals surface area contributed by atoms with Crippen LogP contribution in [0.4, 0.5) is 17.1 Å². The second-order valence-electron chi connectivity index (χ2n) is 7.47. The molecule has 0 aliphatic carbocycles. The molecule has 2 N–H and O–H groups in total. The van der Waals surface area contributed by atoms with Crippen molar-refractivity contribution in [1.29, 1.82) is 0 Å². The standard InChI is InChI=1S/C23H21N3O3S/c1-14-22(27)25-19-4-2-3-18(21(19)29-14)23(28)24-16-5-7-17(8-6-16)26-11-9-20-15(13-26)10-12-30-20/h2-8,10,12,14H,9,11,13H2,1H3,(H,24,28)(H,25,27). The molecule has 152 valence electrons. The van der Waals surface area contributed by atoms with Crippen molar-refractivity contribution in [1.82, 2.24) is 0 Å². The zero-order chi connectivity index (χ0) is 20.7. The topological polar surface area (TPSA) is 70.7 Å². The molecule has 3 heterocycles. The normalized spacial score (nSPS) is 17.4. The lowest BCUT2D eigenvalue weighted by atomic mass is 10.1. The van der Waals surface area contributed by atoms with Crippen LogP contribution in [0.15, 0.2) is 53.9 Å². The third kappa shape index (κ3) is 3.41. The monoisotopic (exact) mass is 419 g/mol. The summed E-state index contributed by atoms with van der Waals surface area (Å²) in [5.74, 6) is -0.0922. The van der Waals surface area contributed by atoms with Gasteiger partial charge in [-0.3, -0.25) is 9.59 Å². The fraction of sp³-hybridized carbons (Fsp3) is 0.217. The van der Waals surface area contributed by atoms with Gasteiger partial charge in [-0.2, -0.15) is 0 Å². The minimum atomic E-state index is -0.640. The van der Waals surface area contributed by atoms with Crippen LogP contribution >= 0.6 is 11.3 Å². The molecule has 2 aromatic carbocycles. The van der Waals surface area contributed by atoms with Crippen molar-refractivity contribution in [3.63, 3.8) is 0 Å². The van der Waals surface area contributed by atoms with E-state index in [4.69, 9.17) is 4.74 Å². The largest absolute Gasteiger partial charge is 0.478 e. The molecule has 0 bridgehead atoms. The van der Waals surface area contributed by atoms with Gasteiger partial charge in [0.25, 0.3) is 11.8 Å². The second-order valence-corrected chi connectivity index (χ2v) is 8.47. The number of ether oxygens (including phenoxy) is 1. The molecule has 1 aromatic heterocycles. The third-order valence-corrected chi connectivity index (χ3v) is 6.50. The highest BCUT2D eigenvalue weighted by atomic mass is 32.1. The molecule has 2 aliphatic rings. The van der Waals surface area contributed by atoms with E-state index in [1.54, 1.807) is 25.1 Å². The van der Waals surface area contributed by atoms with Crippen LogP contribution in [-0.2, 0) is 17.8 Å². The fourth-order valence-corrected chi connectivity index (χ4v) is 4.72. The Labute approximate surface area is 178 Å². The SMILES string of the molecule is CC1Oc2c(cccc2C(=O)Nc2ccc(N3CCc4sccc4C3)cc2)NC1=O. The van der Waals surface area contributed by atoms with E-state index in [1.165, 1.54) is 10.4 Å². The van der Waals surface area contributed by atoms with Crippen LogP contribution in [0.25, 0.3) is 0 Å². The van der Waals surface area contributed by atoms with Gasteiger partial charge in [0.2, 0.25) is 0 Å². The maximum atomic E-state index is 12.9. The summed E-state index contributed by atoms with van der Waals surface area (Å²) in [5, 5.41) is 7.85. The molecule has 0 fully saturated rings. The lowest BCUT2D eigenvalue weighted by Gasteiger charge is -2.29. The van der Waals surface area contributed by atoms with Crippen LogP contribution in [0, 0.1) is 0 Å². The van der Waals surface area contributed by atoms with Crippen molar-refractivity contribution < 1.29 is 14.3 Å². The van der Waals surface area contributed by atoms with Gasteiger partial charge >= 0.3 is 0 Å². The van der Waals surface area contributed by atoms with E-state index in [2.05, 4.69) is 27.0 Å². The number of nitrogens with zero attached hydrogens (tertiary/aromatic N) is 1. The zero-order valence-electron chi connectivity index (χ0n) is 16.5. The molecule has 5 rings (SSSR count). The van der Waals surface area contributed by atoms with Gasteiger partial charge in [-0.05, 0) is 66.8 Å². The Balaban J connectivity index is 1.31. The van der Waals surface area contributed by atoms with E-state index in [9.17, 15) is 9.59 Å². The van der Waals surface area contributed by atoms with Crippen LogP contribution in [-0.4, -0.2) is 24.5 Å². The van der Waals surface area contributed by atoms with E-state index in [0.717, 1.165) is 25.2 Å². The highest BCUT2D eigenvalue weighted by molar-refractivity contribution is 7.10. The van der Waals surface area contributed by atoms with E-state index in [-0.39, 0.29) is 11.8 Å². The number of fused-ring (bicyclic) bond motifs is 2. The van der Waals surface area contributed by atoms with Gasteiger partial charge < -0.3 is 20.3 Å². The van der Waals surface area contributed by atoms with Crippen LogP contribution in [0.2, 0.25) is 0 Å². The summed E-state index contributed by atoms with van der Waals surface area (Å²) in [6, 6.07) is 15.2. The van der Waals surface area contributed by atoms with Gasteiger partial charge in [0.05, 0.1) is 11.3 Å². The van der Waals surface area contributed by atoms with Gasteiger partial charge in [-0.15, -0.1) is 11.3 Å². The van der Waals surface area contributed by atoms with Gasteiger partial charge in [-0.1, -0.05) is 6.07 Å². The molecular weight excluding hydrogens is 398 g/mol. The number of carbonyl (C=O) groups excluding carboxylic acids is 2. The number of para-hydroxylation sites is 1. The maximum Gasteiger partial charge on any atom is 0.265 e. The summed E-state index contributed by atoms with van der Waals surface area (Å²) in [5.41, 5.74) is 4.16. The van der Waals surface area contributed by atoms with Crippen molar-refractivity contribution in [2.75, 3.05) is 22.1 Å². The van der Waals surface area contributed by atoms with Gasteiger partial charge in [0.1, 0.15) is 0 Å². The van der Waals surface area contributed by atoms with Crippen molar-refractivity contribution in [2.45, 2.75) is 26.0 Å². The first-order valence-corrected chi connectivity index (χ1v) is 10.8. The minimum Gasteiger partial charge on any atom is -0.478 e. The minimum absolute atomic E-state index is 0.220. The molecule has 1 atom stereocenters. The number of thiophene rings is 1. The quantitative estimate of drug-likeness (QED) is 0.665. The molecule has 7 heteroatoms. The number of hydrogen-bond donors (Lipinski definition) is 2. The summed E-state index contributed by atoms with van der Waals surface area (Å²) in [4.78, 5) is 28.5. The fourth-order valence-electron chi connectivity index (χ4n) is 3.83. The lowest BCUT2D eigenvalue weighted by molar-refractivity contribution is -0.122. The summed E-state index contributed by atoms with van der Waals surface area (Å²) in [7, 11) is 0. The Bertz CT molecular complexity index is 1120. The van der Waals surface area contributed by atoms with E-state index in [1.807, 2.05) is 35.6 Å². The molecule has 30 heavy (non-hydrogen) atoms. The first kappa shape index (κ1) is 18.7. The Hall–Kier alpha value is -3.32. The average Bonchev–Trinajstić information content (AvgIpc) is 3.22. The summed E-state index contributed by atoms with van der Waals surface area (Å²) >= 11 is 1.83. The van der Waals surface area contributed by atoms with Gasteiger partial charge in [0, 0.05) is 29.3 Å². The number of benzene rings is 2. The zero-order valence-corrected chi connectivity index (χ0v) is 17.3. The number of amides is 2.